The van der Waals surface area contributed by atoms with E-state index < -0.39 is 11.6 Å². The summed E-state index contributed by atoms with van der Waals surface area (Å²) in [6.07, 6.45) is 3.32. The number of aromatic nitrogens is 2. The van der Waals surface area contributed by atoms with E-state index in [9.17, 15) is 13.6 Å². The molecule has 4 aromatic rings. The number of rotatable bonds is 4. The Morgan fingerprint density at radius 3 is 2.50 bits per heavy atom. The number of nitrogens with zero attached hydrogens (tertiary/aromatic N) is 3. The number of benzene rings is 3. The second-order valence-corrected chi connectivity index (χ2v) is 9.46. The van der Waals surface area contributed by atoms with Crippen molar-refractivity contribution in [2.24, 2.45) is 4.99 Å². The van der Waals surface area contributed by atoms with Crippen LogP contribution in [-0.2, 0) is 6.54 Å². The molecule has 38 heavy (non-hydrogen) atoms. The van der Waals surface area contributed by atoms with E-state index in [1.165, 1.54) is 18.2 Å². The number of fused-ring (bicyclic) bond motifs is 3. The van der Waals surface area contributed by atoms with Gasteiger partial charge in [-0.1, -0.05) is 35.5 Å². The van der Waals surface area contributed by atoms with Crippen molar-refractivity contribution in [2.45, 2.75) is 6.54 Å². The number of hydrogen-bond donors (Lipinski definition) is 3. The summed E-state index contributed by atoms with van der Waals surface area (Å²) in [5.74, 6) is -1.55. The van der Waals surface area contributed by atoms with Gasteiger partial charge in [0.15, 0.2) is 5.17 Å². The number of hydrogen-bond acceptors (Lipinski definition) is 7. The van der Waals surface area contributed by atoms with Crippen molar-refractivity contribution in [2.75, 3.05) is 11.6 Å². The van der Waals surface area contributed by atoms with Crippen molar-refractivity contribution >= 4 is 51.8 Å². The summed E-state index contributed by atoms with van der Waals surface area (Å²) >= 11 is 7.40. The van der Waals surface area contributed by atoms with E-state index in [-0.39, 0.29) is 34.8 Å². The van der Waals surface area contributed by atoms with Gasteiger partial charge in [-0.2, -0.15) is 0 Å². The highest BCUT2D eigenvalue weighted by Crippen LogP contribution is 2.34. The third-order valence-electron chi connectivity index (χ3n) is 5.80. The zero-order valence-corrected chi connectivity index (χ0v) is 21.4. The highest BCUT2D eigenvalue weighted by atomic mass is 35.5. The average molecular weight is 549 g/mol. The Labute approximate surface area is 225 Å². The van der Waals surface area contributed by atoms with E-state index in [0.29, 0.717) is 38.7 Å². The predicted octanol–water partition coefficient (Wildman–Crippen LogP) is 6.20. The number of anilines is 2. The van der Waals surface area contributed by atoms with E-state index >= 15 is 0 Å². The van der Waals surface area contributed by atoms with Crippen LogP contribution in [0.15, 0.2) is 71.9 Å². The molecular formula is C27H19ClF2N6OS. The number of carbonyl (C=O) groups is 1. The van der Waals surface area contributed by atoms with Crippen LogP contribution in [0.25, 0.3) is 11.3 Å². The van der Waals surface area contributed by atoms with Gasteiger partial charge in [-0.05, 0) is 54.8 Å². The predicted molar refractivity (Wildman–Crippen MR) is 147 cm³/mol. The Bertz CT molecular complexity index is 1590. The van der Waals surface area contributed by atoms with Crippen LogP contribution in [0.2, 0.25) is 5.02 Å². The minimum atomic E-state index is -0.725. The second-order valence-electron chi connectivity index (χ2n) is 8.21. The second kappa shape index (κ2) is 10.7. The van der Waals surface area contributed by atoms with Crippen LogP contribution in [-0.4, -0.2) is 33.0 Å². The summed E-state index contributed by atoms with van der Waals surface area (Å²) in [5, 5.41) is 13.6. The van der Waals surface area contributed by atoms with Gasteiger partial charge in [0, 0.05) is 39.2 Å². The van der Waals surface area contributed by atoms with Gasteiger partial charge in [0.05, 0.1) is 23.5 Å². The van der Waals surface area contributed by atoms with Crippen LogP contribution >= 0.6 is 23.4 Å². The Morgan fingerprint density at radius 1 is 1.05 bits per heavy atom. The third-order valence-corrected chi connectivity index (χ3v) is 6.54. The number of aliphatic imine (C=N–C) groups is 1. The first-order valence-electron chi connectivity index (χ1n) is 11.3. The lowest BCUT2D eigenvalue weighted by molar-refractivity contribution is 0.0978. The maximum absolute atomic E-state index is 14.7. The molecule has 0 fully saturated rings. The molecule has 1 aliphatic heterocycles. The first kappa shape index (κ1) is 25.5. The molecule has 3 aromatic carbocycles. The molecule has 0 radical (unpaired) electrons. The van der Waals surface area contributed by atoms with E-state index in [4.69, 9.17) is 17.0 Å². The summed E-state index contributed by atoms with van der Waals surface area (Å²) in [7, 11) is 0. The largest absolute Gasteiger partial charge is 0.324 e. The quantitative estimate of drug-likeness (QED) is 0.208. The molecule has 0 spiro atoms. The van der Waals surface area contributed by atoms with Crippen molar-refractivity contribution in [3.05, 3.63) is 106 Å². The van der Waals surface area contributed by atoms with Gasteiger partial charge < -0.3 is 10.6 Å². The normalized spacial score (nSPS) is 12.1. The van der Waals surface area contributed by atoms with Gasteiger partial charge in [0.2, 0.25) is 5.95 Å². The zero-order chi connectivity index (χ0) is 26.8. The maximum atomic E-state index is 14.7. The first-order chi connectivity index (χ1) is 18.3. The fourth-order valence-corrected chi connectivity index (χ4v) is 4.35. The Morgan fingerprint density at radius 2 is 1.79 bits per heavy atom. The first-order valence-corrected chi connectivity index (χ1v) is 12.9. The van der Waals surface area contributed by atoms with E-state index in [0.717, 1.165) is 11.8 Å². The van der Waals surface area contributed by atoms with Crippen LogP contribution in [0, 0.1) is 17.0 Å². The number of thioether (sulfide) groups is 1. The van der Waals surface area contributed by atoms with E-state index in [2.05, 4.69) is 25.6 Å². The molecule has 190 valence electrons. The van der Waals surface area contributed by atoms with Gasteiger partial charge >= 0.3 is 0 Å². The average Bonchev–Trinajstić information content (AvgIpc) is 3.05. The van der Waals surface area contributed by atoms with Crippen LogP contribution in [0.3, 0.4) is 0 Å². The third kappa shape index (κ3) is 5.13. The summed E-state index contributed by atoms with van der Waals surface area (Å²) in [6.45, 7) is 0.111. The molecule has 1 amide bonds. The monoisotopic (exact) mass is 548 g/mol. The molecule has 11 heteroatoms. The van der Waals surface area contributed by atoms with Crippen LogP contribution in [0.1, 0.15) is 27.0 Å². The number of nitrogens with one attached hydrogen (secondary N) is 3. The summed E-state index contributed by atoms with van der Waals surface area (Å²) in [6, 6.07) is 15.4. The van der Waals surface area contributed by atoms with Gasteiger partial charge in [0.25, 0.3) is 5.91 Å². The number of amides is 1. The van der Waals surface area contributed by atoms with E-state index in [1.54, 1.807) is 54.9 Å². The fraction of sp³-hybridized carbons (Fsp3) is 0.0741. The standard InChI is InChI=1S/C27H19ClF2N6OS/c1-38-26(31)36-25(37)14-5-8-17(9-6-14)34-27-33-13-15-12-32-24(22-20(29)3-2-4-21(22)30)19-11-16(28)7-10-18(19)23(15)35-27/h2-11,13H,12H2,1H3,(H2,31,36,37)(H,33,34,35). The summed E-state index contributed by atoms with van der Waals surface area (Å²) in [4.78, 5) is 25.8. The molecule has 0 unspecified atom stereocenters. The molecule has 7 nitrogen and oxygen atoms in total. The smallest absolute Gasteiger partial charge is 0.257 e. The molecule has 1 aliphatic rings. The van der Waals surface area contributed by atoms with Crippen LogP contribution in [0.4, 0.5) is 20.4 Å². The topological polar surface area (TPSA) is 103 Å². The molecule has 0 aliphatic carbocycles. The Balaban J connectivity index is 1.48. The van der Waals surface area contributed by atoms with Gasteiger partial charge in [-0.25, -0.2) is 18.7 Å². The molecule has 5 rings (SSSR count). The molecule has 0 bridgehead atoms. The number of carbonyl (C=O) groups excluding carboxylic acids is 1. The lowest BCUT2D eigenvalue weighted by Crippen LogP contribution is -2.27. The highest BCUT2D eigenvalue weighted by molar-refractivity contribution is 8.13. The molecule has 0 saturated heterocycles. The SMILES string of the molecule is CSC(=N)NC(=O)c1ccc(Nc2ncc3c(n2)-c2ccc(Cl)cc2C(c2c(F)cccc2F)=NC3)cc1. The number of halogens is 3. The van der Waals surface area contributed by atoms with Crippen LogP contribution in [0.5, 0.6) is 0 Å². The summed E-state index contributed by atoms with van der Waals surface area (Å²) in [5.41, 5.74) is 3.24. The fourth-order valence-electron chi connectivity index (χ4n) is 3.98. The van der Waals surface area contributed by atoms with Gasteiger partial charge in [-0.15, -0.1) is 0 Å². The highest BCUT2D eigenvalue weighted by Gasteiger charge is 2.25. The van der Waals surface area contributed by atoms with Gasteiger partial charge in [-0.3, -0.25) is 15.2 Å². The van der Waals surface area contributed by atoms with Crippen molar-refractivity contribution in [3.63, 3.8) is 0 Å². The van der Waals surface area contributed by atoms with Crippen molar-refractivity contribution < 1.29 is 13.6 Å². The molecule has 0 saturated carbocycles. The molecule has 2 heterocycles. The minimum absolute atomic E-state index is 0.0574. The lowest BCUT2D eigenvalue weighted by Gasteiger charge is -2.13. The van der Waals surface area contributed by atoms with Gasteiger partial charge in [0.1, 0.15) is 11.6 Å². The minimum Gasteiger partial charge on any atom is -0.324 e. The maximum Gasteiger partial charge on any atom is 0.257 e. The van der Waals surface area contributed by atoms with E-state index in [1.807, 2.05) is 0 Å². The lowest BCUT2D eigenvalue weighted by atomic mass is 9.95. The zero-order valence-electron chi connectivity index (χ0n) is 19.8. The molecule has 0 atom stereocenters. The molecular weight excluding hydrogens is 530 g/mol. The Kier molecular flexibility index (Phi) is 7.17. The number of amidine groups is 1. The summed E-state index contributed by atoms with van der Waals surface area (Å²) < 4.78 is 29.5. The van der Waals surface area contributed by atoms with Crippen molar-refractivity contribution in [1.82, 2.24) is 15.3 Å². The molecule has 1 aromatic heterocycles. The molecule has 3 N–H and O–H groups in total. The van der Waals surface area contributed by atoms with Crippen molar-refractivity contribution in [1.29, 1.82) is 5.41 Å². The Hall–Kier alpha value is -4.15. The van der Waals surface area contributed by atoms with Crippen LogP contribution < -0.4 is 10.6 Å². The van der Waals surface area contributed by atoms with Crippen molar-refractivity contribution in [3.8, 4) is 11.3 Å².